The summed E-state index contributed by atoms with van der Waals surface area (Å²) in [7, 11) is 1.64. The van der Waals surface area contributed by atoms with E-state index in [0.717, 1.165) is 17.7 Å². The lowest BCUT2D eigenvalue weighted by Crippen LogP contribution is -2.54. The minimum Gasteiger partial charge on any atom is -0.497 e. The number of thiocarbonyl (C=S) groups is 1. The molecule has 1 aromatic rings. The van der Waals surface area contributed by atoms with Gasteiger partial charge in [-0.3, -0.25) is 4.79 Å². The quantitative estimate of drug-likeness (QED) is 0.585. The molecule has 0 radical (unpaired) electrons. The van der Waals surface area contributed by atoms with Crippen LogP contribution in [0.2, 0.25) is 0 Å². The number of amides is 1. The molecule has 1 aliphatic heterocycles. The van der Waals surface area contributed by atoms with Gasteiger partial charge in [-0.05, 0) is 43.3 Å². The number of hydrogen-bond donors (Lipinski definition) is 2. The highest BCUT2D eigenvalue weighted by Gasteiger charge is 2.25. The van der Waals surface area contributed by atoms with Crippen molar-refractivity contribution in [3.8, 4) is 5.75 Å². The number of carbonyl (C=O) groups excluding carboxylic acids is 1. The lowest BCUT2D eigenvalue weighted by atomic mass is 10.0. The first kappa shape index (κ1) is 18.3. The topological polar surface area (TPSA) is 53.6 Å². The molecule has 0 spiro atoms. The first-order chi connectivity index (χ1) is 11.5. The van der Waals surface area contributed by atoms with Gasteiger partial charge in [0, 0.05) is 31.6 Å². The summed E-state index contributed by atoms with van der Waals surface area (Å²) in [5, 5.41) is 6.96. The molecule has 5 nitrogen and oxygen atoms in total. The first-order valence-corrected chi connectivity index (χ1v) is 8.51. The Kier molecular flexibility index (Phi) is 6.61. The van der Waals surface area contributed by atoms with Gasteiger partial charge in [-0.15, -0.1) is 6.58 Å². The number of hydrogen-bond acceptors (Lipinski definition) is 3. The molecule has 1 amide bonds. The molecule has 1 fully saturated rings. The summed E-state index contributed by atoms with van der Waals surface area (Å²) in [5.41, 5.74) is 1.03. The Balaban J connectivity index is 2.01. The zero-order valence-corrected chi connectivity index (χ0v) is 15.1. The van der Waals surface area contributed by atoms with Crippen molar-refractivity contribution in [2.45, 2.75) is 38.4 Å². The Labute approximate surface area is 149 Å². The standard InChI is InChI=1S/C18H25N3O2S/c1-4-8-21(12-14-6-5-7-16(10-14)23-3)17(22)11-15-9-13(2)19-18(24)20-15/h4-7,10,13,15H,1,8-9,11-12H2,2-3H3,(H2,19,20,24)/t13-,15+/m1/s1. The molecule has 0 saturated carbocycles. The van der Waals surface area contributed by atoms with E-state index >= 15 is 0 Å². The van der Waals surface area contributed by atoms with Crippen LogP contribution in [-0.2, 0) is 11.3 Å². The maximum absolute atomic E-state index is 12.7. The zero-order chi connectivity index (χ0) is 17.5. The number of benzene rings is 1. The maximum atomic E-state index is 12.7. The summed E-state index contributed by atoms with van der Waals surface area (Å²) in [4.78, 5) is 14.5. The van der Waals surface area contributed by atoms with Crippen LogP contribution in [0.4, 0.5) is 0 Å². The molecule has 1 saturated heterocycles. The average Bonchev–Trinajstić information content (AvgIpc) is 2.53. The smallest absolute Gasteiger partial charge is 0.225 e. The van der Waals surface area contributed by atoms with Crippen LogP contribution < -0.4 is 15.4 Å². The van der Waals surface area contributed by atoms with E-state index in [2.05, 4.69) is 24.1 Å². The van der Waals surface area contributed by atoms with Crippen LogP contribution in [0.15, 0.2) is 36.9 Å². The average molecular weight is 347 g/mol. The molecular weight excluding hydrogens is 322 g/mol. The number of ether oxygens (including phenoxy) is 1. The third-order valence-corrected chi connectivity index (χ3v) is 4.22. The van der Waals surface area contributed by atoms with Gasteiger partial charge in [-0.1, -0.05) is 18.2 Å². The second-order valence-corrected chi connectivity index (χ2v) is 6.48. The van der Waals surface area contributed by atoms with Crippen molar-refractivity contribution < 1.29 is 9.53 Å². The highest BCUT2D eigenvalue weighted by molar-refractivity contribution is 7.80. The molecule has 1 aromatic carbocycles. The number of methoxy groups -OCH3 is 1. The highest BCUT2D eigenvalue weighted by atomic mass is 32.1. The number of nitrogens with one attached hydrogen (secondary N) is 2. The van der Waals surface area contributed by atoms with Gasteiger partial charge in [0.2, 0.25) is 5.91 Å². The van der Waals surface area contributed by atoms with Crippen LogP contribution in [0, 0.1) is 0 Å². The molecule has 0 aliphatic carbocycles. The molecule has 24 heavy (non-hydrogen) atoms. The molecule has 1 aliphatic rings. The third-order valence-electron chi connectivity index (χ3n) is 3.98. The van der Waals surface area contributed by atoms with Gasteiger partial charge in [0.15, 0.2) is 5.11 Å². The minimum atomic E-state index is 0.0684. The van der Waals surface area contributed by atoms with Gasteiger partial charge in [0.05, 0.1) is 7.11 Å². The van der Waals surface area contributed by atoms with Crippen LogP contribution in [0.25, 0.3) is 0 Å². The second-order valence-electron chi connectivity index (χ2n) is 6.07. The van der Waals surface area contributed by atoms with E-state index in [9.17, 15) is 4.79 Å². The van der Waals surface area contributed by atoms with Crippen molar-refractivity contribution >= 4 is 23.2 Å². The molecule has 130 valence electrons. The van der Waals surface area contributed by atoms with Crippen LogP contribution in [-0.4, -0.2) is 41.7 Å². The van der Waals surface area contributed by atoms with Crippen molar-refractivity contribution in [1.29, 1.82) is 0 Å². The first-order valence-electron chi connectivity index (χ1n) is 8.10. The molecule has 0 aromatic heterocycles. The van der Waals surface area contributed by atoms with E-state index in [-0.39, 0.29) is 18.0 Å². The molecule has 0 bridgehead atoms. The van der Waals surface area contributed by atoms with Gasteiger partial charge >= 0.3 is 0 Å². The molecule has 1 heterocycles. The van der Waals surface area contributed by atoms with E-state index < -0.39 is 0 Å². The van der Waals surface area contributed by atoms with E-state index in [1.807, 2.05) is 24.3 Å². The van der Waals surface area contributed by atoms with Crippen LogP contribution in [0.3, 0.4) is 0 Å². The molecular formula is C18H25N3O2S. The van der Waals surface area contributed by atoms with Gasteiger partial charge in [0.25, 0.3) is 0 Å². The third kappa shape index (κ3) is 5.23. The van der Waals surface area contributed by atoms with Crippen LogP contribution in [0.1, 0.15) is 25.3 Å². The normalized spacial score (nSPS) is 19.8. The fraction of sp³-hybridized carbons (Fsp3) is 0.444. The van der Waals surface area contributed by atoms with E-state index in [1.165, 1.54) is 0 Å². The van der Waals surface area contributed by atoms with Crippen molar-refractivity contribution in [3.63, 3.8) is 0 Å². The van der Waals surface area contributed by atoms with E-state index in [1.54, 1.807) is 18.1 Å². The SMILES string of the molecule is C=CCN(Cc1cccc(OC)c1)C(=O)C[C@@H]1C[C@@H](C)NC(=S)N1. The van der Waals surface area contributed by atoms with Crippen molar-refractivity contribution in [2.24, 2.45) is 0 Å². The Morgan fingerprint density at radius 2 is 2.29 bits per heavy atom. The Morgan fingerprint density at radius 1 is 1.50 bits per heavy atom. The monoisotopic (exact) mass is 347 g/mol. The fourth-order valence-electron chi connectivity index (χ4n) is 2.87. The Hall–Kier alpha value is -2.08. The lowest BCUT2D eigenvalue weighted by Gasteiger charge is -2.32. The zero-order valence-electron chi connectivity index (χ0n) is 14.2. The Bertz CT molecular complexity index is 606. The summed E-state index contributed by atoms with van der Waals surface area (Å²) in [6.07, 6.45) is 3.04. The highest BCUT2D eigenvalue weighted by Crippen LogP contribution is 2.16. The predicted octanol–water partition coefficient (Wildman–Crippen LogP) is 2.22. The molecule has 2 rings (SSSR count). The molecule has 0 unspecified atom stereocenters. The van der Waals surface area contributed by atoms with Crippen LogP contribution in [0.5, 0.6) is 5.75 Å². The summed E-state index contributed by atoms with van der Waals surface area (Å²) in [6.45, 7) is 6.89. The number of nitrogens with zero attached hydrogens (tertiary/aromatic N) is 1. The largest absolute Gasteiger partial charge is 0.497 e. The number of rotatable bonds is 7. The van der Waals surface area contributed by atoms with Crippen molar-refractivity contribution in [1.82, 2.24) is 15.5 Å². The van der Waals surface area contributed by atoms with E-state index in [4.69, 9.17) is 17.0 Å². The van der Waals surface area contributed by atoms with Gasteiger partial charge in [-0.2, -0.15) is 0 Å². The Morgan fingerprint density at radius 3 is 2.96 bits per heavy atom. The van der Waals surface area contributed by atoms with E-state index in [0.29, 0.717) is 24.6 Å². The maximum Gasteiger partial charge on any atom is 0.225 e. The summed E-state index contributed by atoms with van der Waals surface area (Å²) < 4.78 is 5.25. The summed E-state index contributed by atoms with van der Waals surface area (Å²) in [6, 6.07) is 8.11. The minimum absolute atomic E-state index is 0.0684. The van der Waals surface area contributed by atoms with Gasteiger partial charge in [0.1, 0.15) is 5.75 Å². The van der Waals surface area contributed by atoms with Crippen molar-refractivity contribution in [2.75, 3.05) is 13.7 Å². The summed E-state index contributed by atoms with van der Waals surface area (Å²) in [5.74, 6) is 0.879. The second kappa shape index (κ2) is 8.68. The van der Waals surface area contributed by atoms with Gasteiger partial charge in [-0.25, -0.2) is 0 Å². The summed E-state index contributed by atoms with van der Waals surface area (Å²) >= 11 is 5.19. The fourth-order valence-corrected chi connectivity index (χ4v) is 3.24. The number of carbonyl (C=O) groups is 1. The molecule has 2 N–H and O–H groups in total. The predicted molar refractivity (Wildman–Crippen MR) is 100.0 cm³/mol. The lowest BCUT2D eigenvalue weighted by molar-refractivity contribution is -0.131. The van der Waals surface area contributed by atoms with Crippen molar-refractivity contribution in [3.05, 3.63) is 42.5 Å². The molecule has 6 heteroatoms. The van der Waals surface area contributed by atoms with Crippen LogP contribution >= 0.6 is 12.2 Å². The van der Waals surface area contributed by atoms with Gasteiger partial charge < -0.3 is 20.3 Å². The molecule has 2 atom stereocenters.